The number of rotatable bonds is 2. The fourth-order valence-electron chi connectivity index (χ4n) is 2.43. The number of hydrogen-bond acceptors (Lipinski definition) is 1. The zero-order valence-corrected chi connectivity index (χ0v) is 12.7. The van der Waals surface area contributed by atoms with Crippen molar-refractivity contribution < 1.29 is 0 Å². The maximum Gasteiger partial charge on any atom is 0.0557 e. The molecule has 0 aliphatic rings. The van der Waals surface area contributed by atoms with E-state index in [0.717, 1.165) is 10.6 Å². The normalized spacial score (nSPS) is 12.5. The Morgan fingerprint density at radius 3 is 2.05 bits per heavy atom. The van der Waals surface area contributed by atoms with Gasteiger partial charge in [0.2, 0.25) is 0 Å². The molecule has 0 saturated carbocycles. The Bertz CT molecular complexity index is 617. The van der Waals surface area contributed by atoms with Gasteiger partial charge in [0.15, 0.2) is 0 Å². The molecular weight excluding hydrogens is 254 g/mol. The van der Waals surface area contributed by atoms with Crippen molar-refractivity contribution in [2.24, 2.45) is 5.73 Å². The number of aryl methyl sites for hydroxylation is 4. The highest BCUT2D eigenvalue weighted by atomic mass is 35.5. The number of hydrogen-bond donors (Lipinski definition) is 1. The molecule has 2 aromatic rings. The van der Waals surface area contributed by atoms with E-state index < -0.39 is 0 Å². The van der Waals surface area contributed by atoms with Crippen molar-refractivity contribution in [3.63, 3.8) is 0 Å². The SMILES string of the molecule is Cc1cc(C)c(C(N)c2cc(Cl)ccc2C)cc1C. The highest BCUT2D eigenvalue weighted by Crippen LogP contribution is 2.29. The summed E-state index contributed by atoms with van der Waals surface area (Å²) >= 11 is 6.09. The van der Waals surface area contributed by atoms with E-state index in [1.54, 1.807) is 0 Å². The van der Waals surface area contributed by atoms with Crippen LogP contribution in [0, 0.1) is 27.7 Å². The number of nitrogens with two attached hydrogens (primary N) is 1. The van der Waals surface area contributed by atoms with Crippen LogP contribution in [0.25, 0.3) is 0 Å². The molecule has 2 aromatic carbocycles. The van der Waals surface area contributed by atoms with Gasteiger partial charge in [0.05, 0.1) is 6.04 Å². The maximum absolute atomic E-state index is 6.45. The molecule has 0 heterocycles. The van der Waals surface area contributed by atoms with Crippen LogP contribution in [0.4, 0.5) is 0 Å². The Labute approximate surface area is 120 Å². The zero-order valence-electron chi connectivity index (χ0n) is 11.9. The fourth-order valence-corrected chi connectivity index (χ4v) is 2.61. The van der Waals surface area contributed by atoms with Crippen molar-refractivity contribution in [1.29, 1.82) is 0 Å². The standard InChI is InChI=1S/C17H20ClN/c1-10-5-6-14(18)9-16(10)17(19)15-8-12(3)11(2)7-13(15)4/h5-9,17H,19H2,1-4H3. The van der Waals surface area contributed by atoms with Gasteiger partial charge in [-0.15, -0.1) is 0 Å². The van der Waals surface area contributed by atoms with E-state index in [-0.39, 0.29) is 6.04 Å². The van der Waals surface area contributed by atoms with Gasteiger partial charge in [-0.25, -0.2) is 0 Å². The second-order valence-corrected chi connectivity index (χ2v) is 5.71. The molecule has 2 heteroatoms. The lowest BCUT2D eigenvalue weighted by molar-refractivity contribution is 0.849. The first-order valence-electron chi connectivity index (χ1n) is 6.49. The van der Waals surface area contributed by atoms with Crippen molar-refractivity contribution in [3.05, 3.63) is 68.7 Å². The van der Waals surface area contributed by atoms with Crippen LogP contribution in [-0.2, 0) is 0 Å². The Hall–Kier alpha value is -1.31. The van der Waals surface area contributed by atoms with Crippen LogP contribution in [0.15, 0.2) is 30.3 Å². The molecule has 19 heavy (non-hydrogen) atoms. The molecule has 0 bridgehead atoms. The molecule has 1 atom stereocenters. The zero-order chi connectivity index (χ0) is 14.2. The first-order valence-corrected chi connectivity index (χ1v) is 6.87. The number of halogens is 1. The third-order valence-electron chi connectivity index (χ3n) is 3.79. The highest BCUT2D eigenvalue weighted by Gasteiger charge is 2.15. The molecule has 0 spiro atoms. The van der Waals surface area contributed by atoms with Gasteiger partial charge < -0.3 is 5.73 Å². The molecule has 2 N–H and O–H groups in total. The van der Waals surface area contributed by atoms with Crippen molar-refractivity contribution in [2.45, 2.75) is 33.7 Å². The van der Waals surface area contributed by atoms with Crippen LogP contribution >= 0.6 is 11.6 Å². The summed E-state index contributed by atoms with van der Waals surface area (Å²) < 4.78 is 0. The van der Waals surface area contributed by atoms with E-state index in [9.17, 15) is 0 Å². The van der Waals surface area contributed by atoms with Crippen LogP contribution in [0.5, 0.6) is 0 Å². The van der Waals surface area contributed by atoms with Crippen molar-refractivity contribution in [2.75, 3.05) is 0 Å². The van der Waals surface area contributed by atoms with Gasteiger partial charge in [-0.05, 0) is 73.2 Å². The van der Waals surface area contributed by atoms with E-state index in [1.807, 2.05) is 18.2 Å². The van der Waals surface area contributed by atoms with Crippen LogP contribution in [0.2, 0.25) is 5.02 Å². The summed E-state index contributed by atoms with van der Waals surface area (Å²) in [6, 6.07) is 10.2. The molecule has 1 nitrogen and oxygen atoms in total. The summed E-state index contributed by atoms with van der Waals surface area (Å²) in [5.41, 5.74) is 13.7. The van der Waals surface area contributed by atoms with Gasteiger partial charge in [-0.2, -0.15) is 0 Å². The molecule has 0 fully saturated rings. The summed E-state index contributed by atoms with van der Waals surface area (Å²) in [5, 5.41) is 0.734. The van der Waals surface area contributed by atoms with Crippen LogP contribution in [0.3, 0.4) is 0 Å². The molecule has 2 rings (SSSR count). The monoisotopic (exact) mass is 273 g/mol. The van der Waals surface area contributed by atoms with Crippen molar-refractivity contribution in [1.82, 2.24) is 0 Å². The highest BCUT2D eigenvalue weighted by molar-refractivity contribution is 6.30. The Morgan fingerprint density at radius 2 is 1.37 bits per heavy atom. The van der Waals surface area contributed by atoms with Gasteiger partial charge in [0.1, 0.15) is 0 Å². The lowest BCUT2D eigenvalue weighted by Gasteiger charge is -2.19. The molecule has 0 aliphatic carbocycles. The lowest BCUT2D eigenvalue weighted by Crippen LogP contribution is -2.15. The minimum atomic E-state index is -0.127. The van der Waals surface area contributed by atoms with Gasteiger partial charge >= 0.3 is 0 Å². The first kappa shape index (κ1) is 14.1. The second kappa shape index (κ2) is 5.36. The van der Waals surface area contributed by atoms with E-state index in [4.69, 9.17) is 17.3 Å². The van der Waals surface area contributed by atoms with Crippen LogP contribution < -0.4 is 5.73 Å². The van der Waals surface area contributed by atoms with Crippen LogP contribution in [-0.4, -0.2) is 0 Å². The quantitative estimate of drug-likeness (QED) is 0.849. The summed E-state index contributed by atoms with van der Waals surface area (Å²) in [6.45, 7) is 8.43. The van der Waals surface area contributed by atoms with E-state index >= 15 is 0 Å². The lowest BCUT2D eigenvalue weighted by atomic mass is 9.90. The second-order valence-electron chi connectivity index (χ2n) is 5.27. The Morgan fingerprint density at radius 1 is 0.789 bits per heavy atom. The summed E-state index contributed by atoms with van der Waals surface area (Å²) in [7, 11) is 0. The number of benzene rings is 2. The fraction of sp³-hybridized carbons (Fsp3) is 0.294. The molecule has 100 valence electrons. The Balaban J connectivity index is 2.52. The maximum atomic E-state index is 6.45. The van der Waals surface area contributed by atoms with E-state index in [2.05, 4.69) is 39.8 Å². The van der Waals surface area contributed by atoms with Crippen molar-refractivity contribution in [3.8, 4) is 0 Å². The summed E-state index contributed by atoms with van der Waals surface area (Å²) in [4.78, 5) is 0. The van der Waals surface area contributed by atoms with E-state index in [0.29, 0.717) is 0 Å². The Kier molecular flexibility index (Phi) is 3.98. The molecule has 0 saturated heterocycles. The molecule has 0 aliphatic heterocycles. The molecular formula is C17H20ClN. The van der Waals surface area contributed by atoms with Gasteiger partial charge in [-0.3, -0.25) is 0 Å². The minimum absolute atomic E-state index is 0.127. The predicted octanol–water partition coefficient (Wildman–Crippen LogP) is 4.62. The third kappa shape index (κ3) is 2.83. The molecule has 0 amide bonds. The van der Waals surface area contributed by atoms with Crippen LogP contribution in [0.1, 0.15) is 39.4 Å². The summed E-state index contributed by atoms with van der Waals surface area (Å²) in [6.07, 6.45) is 0. The predicted molar refractivity (Wildman–Crippen MR) is 82.9 cm³/mol. The molecule has 0 radical (unpaired) electrons. The average molecular weight is 274 g/mol. The first-order chi connectivity index (χ1) is 8.90. The topological polar surface area (TPSA) is 26.0 Å². The third-order valence-corrected chi connectivity index (χ3v) is 4.03. The minimum Gasteiger partial charge on any atom is -0.320 e. The van der Waals surface area contributed by atoms with Gasteiger partial charge in [-0.1, -0.05) is 29.8 Å². The summed E-state index contributed by atoms with van der Waals surface area (Å²) in [5.74, 6) is 0. The van der Waals surface area contributed by atoms with Crippen molar-refractivity contribution >= 4 is 11.6 Å². The largest absolute Gasteiger partial charge is 0.320 e. The van der Waals surface area contributed by atoms with Gasteiger partial charge in [0.25, 0.3) is 0 Å². The molecule has 1 unspecified atom stereocenters. The molecule has 0 aromatic heterocycles. The van der Waals surface area contributed by atoms with Gasteiger partial charge in [0, 0.05) is 5.02 Å². The van der Waals surface area contributed by atoms with E-state index in [1.165, 1.54) is 27.8 Å². The smallest absolute Gasteiger partial charge is 0.0557 e. The average Bonchev–Trinajstić information content (AvgIpc) is 2.36.